The maximum Gasteiger partial charge on any atom is 0.306 e. The van der Waals surface area contributed by atoms with Crippen molar-refractivity contribution in [1.29, 1.82) is 0 Å². The number of hydrogen-bond donors (Lipinski definition) is 0. The van der Waals surface area contributed by atoms with E-state index in [2.05, 4.69) is 0 Å². The molecule has 9 heteroatoms. The van der Waals surface area contributed by atoms with Crippen LogP contribution in [0.4, 0.5) is 0 Å². The van der Waals surface area contributed by atoms with Gasteiger partial charge >= 0.3 is 5.97 Å². The summed E-state index contributed by atoms with van der Waals surface area (Å²) in [5.41, 5.74) is -0.436. The summed E-state index contributed by atoms with van der Waals surface area (Å²) in [4.78, 5) is 11.5. The van der Waals surface area contributed by atoms with Crippen molar-refractivity contribution in [2.24, 2.45) is 0 Å². The standard InChI is InChI=1S/C21H42O9/c1-21(2,3)30-20(22)6-5-7-24-10-11-26-14-15-28-18-19-29-17-16-27-13-12-25-9-8-23-4/h5-19H2,1-4H3. The smallest absolute Gasteiger partial charge is 0.306 e. The Morgan fingerprint density at radius 2 is 0.900 bits per heavy atom. The van der Waals surface area contributed by atoms with Gasteiger partial charge in [-0.05, 0) is 27.2 Å². The Morgan fingerprint density at radius 1 is 0.567 bits per heavy atom. The van der Waals surface area contributed by atoms with Crippen LogP contribution < -0.4 is 0 Å². The first-order valence-corrected chi connectivity index (χ1v) is 10.6. The molecule has 0 spiro atoms. The van der Waals surface area contributed by atoms with Crippen molar-refractivity contribution in [2.45, 2.75) is 39.2 Å². The van der Waals surface area contributed by atoms with Crippen LogP contribution in [0.2, 0.25) is 0 Å². The lowest BCUT2D eigenvalue weighted by atomic mass is 10.2. The molecule has 0 aliphatic heterocycles. The van der Waals surface area contributed by atoms with Gasteiger partial charge in [0, 0.05) is 20.1 Å². The molecule has 0 aromatic rings. The fraction of sp³-hybridized carbons (Fsp3) is 0.952. The fourth-order valence-corrected chi connectivity index (χ4v) is 2.05. The molecule has 0 radical (unpaired) electrons. The highest BCUT2D eigenvalue weighted by molar-refractivity contribution is 5.69. The number of carbonyl (C=O) groups excluding carboxylic acids is 1. The van der Waals surface area contributed by atoms with E-state index in [1.807, 2.05) is 20.8 Å². The molecule has 0 saturated carbocycles. The Morgan fingerprint density at radius 3 is 1.23 bits per heavy atom. The molecule has 0 bridgehead atoms. The average molecular weight is 439 g/mol. The summed E-state index contributed by atoms with van der Waals surface area (Å²) < 4.78 is 42.4. The van der Waals surface area contributed by atoms with E-state index in [4.69, 9.17) is 37.9 Å². The van der Waals surface area contributed by atoms with E-state index >= 15 is 0 Å². The number of hydrogen-bond acceptors (Lipinski definition) is 9. The van der Waals surface area contributed by atoms with Gasteiger partial charge in [0.15, 0.2) is 0 Å². The van der Waals surface area contributed by atoms with Crippen LogP contribution in [0.5, 0.6) is 0 Å². The second kappa shape index (κ2) is 21.4. The predicted octanol–water partition coefficient (Wildman–Crippen LogP) is 1.85. The molecule has 0 heterocycles. The molecule has 0 aliphatic rings. The summed E-state index contributed by atoms with van der Waals surface area (Å²) in [5, 5.41) is 0. The van der Waals surface area contributed by atoms with E-state index in [9.17, 15) is 4.79 Å². The highest BCUT2D eigenvalue weighted by atomic mass is 16.6. The minimum atomic E-state index is -0.436. The summed E-state index contributed by atoms with van der Waals surface area (Å²) in [6.07, 6.45) is 1.01. The van der Waals surface area contributed by atoms with Crippen molar-refractivity contribution in [3.8, 4) is 0 Å². The fourth-order valence-electron chi connectivity index (χ4n) is 2.05. The molecule has 0 aromatic carbocycles. The van der Waals surface area contributed by atoms with E-state index in [1.165, 1.54) is 0 Å². The molecule has 0 aliphatic carbocycles. The van der Waals surface area contributed by atoms with Gasteiger partial charge in [-0.2, -0.15) is 0 Å². The maximum absolute atomic E-state index is 11.5. The van der Waals surface area contributed by atoms with Crippen molar-refractivity contribution in [3.63, 3.8) is 0 Å². The highest BCUT2D eigenvalue weighted by Crippen LogP contribution is 2.09. The van der Waals surface area contributed by atoms with E-state index in [0.717, 1.165) is 0 Å². The predicted molar refractivity (Wildman–Crippen MR) is 112 cm³/mol. The van der Waals surface area contributed by atoms with Crippen LogP contribution >= 0.6 is 0 Å². The quantitative estimate of drug-likeness (QED) is 0.185. The minimum Gasteiger partial charge on any atom is -0.460 e. The van der Waals surface area contributed by atoms with E-state index < -0.39 is 5.60 Å². The van der Waals surface area contributed by atoms with E-state index in [-0.39, 0.29) is 5.97 Å². The molecule has 0 aromatic heterocycles. The van der Waals surface area contributed by atoms with Gasteiger partial charge in [-0.15, -0.1) is 0 Å². The zero-order chi connectivity index (χ0) is 22.3. The van der Waals surface area contributed by atoms with Crippen LogP contribution in [-0.4, -0.2) is 105 Å². The molecule has 9 nitrogen and oxygen atoms in total. The third-order valence-corrected chi connectivity index (χ3v) is 3.38. The molecule has 0 amide bonds. The number of esters is 1. The SMILES string of the molecule is COCCOCCOCCOCCOCCOCCOCCCC(=O)OC(C)(C)C. The van der Waals surface area contributed by atoms with Gasteiger partial charge in [-0.3, -0.25) is 4.79 Å². The van der Waals surface area contributed by atoms with Crippen molar-refractivity contribution < 1.29 is 42.7 Å². The molecule has 0 rings (SSSR count). The van der Waals surface area contributed by atoms with Crippen LogP contribution in [0, 0.1) is 0 Å². The maximum atomic E-state index is 11.5. The van der Waals surface area contributed by atoms with Crippen molar-refractivity contribution >= 4 is 5.97 Å². The van der Waals surface area contributed by atoms with Crippen LogP contribution in [-0.2, 0) is 42.7 Å². The van der Waals surface area contributed by atoms with Gasteiger partial charge in [0.2, 0.25) is 0 Å². The first kappa shape index (κ1) is 29.2. The lowest BCUT2D eigenvalue weighted by Crippen LogP contribution is -2.23. The first-order valence-electron chi connectivity index (χ1n) is 10.6. The zero-order valence-electron chi connectivity index (χ0n) is 19.3. The van der Waals surface area contributed by atoms with Gasteiger partial charge in [0.25, 0.3) is 0 Å². The Hall–Kier alpha value is -0.810. The molecular formula is C21H42O9. The van der Waals surface area contributed by atoms with Crippen molar-refractivity contribution in [2.75, 3.05) is 93.0 Å². The molecule has 0 atom stereocenters. The Labute approximate surface area is 181 Å². The molecule has 0 saturated heterocycles. The van der Waals surface area contributed by atoms with Crippen LogP contribution in [0.1, 0.15) is 33.6 Å². The van der Waals surface area contributed by atoms with Crippen LogP contribution in [0.15, 0.2) is 0 Å². The third-order valence-electron chi connectivity index (χ3n) is 3.38. The lowest BCUT2D eigenvalue weighted by Gasteiger charge is -2.19. The summed E-state index contributed by atoms with van der Waals surface area (Å²) in [6.45, 7) is 12.5. The van der Waals surface area contributed by atoms with Gasteiger partial charge in [0.05, 0.1) is 79.3 Å². The molecule has 0 unspecified atom stereocenters. The third kappa shape index (κ3) is 25.2. The number of carbonyl (C=O) groups is 1. The van der Waals surface area contributed by atoms with Gasteiger partial charge < -0.3 is 37.9 Å². The van der Waals surface area contributed by atoms with Gasteiger partial charge in [0.1, 0.15) is 5.60 Å². The van der Waals surface area contributed by atoms with Crippen LogP contribution in [0.25, 0.3) is 0 Å². The second-order valence-corrected chi connectivity index (χ2v) is 7.36. The first-order chi connectivity index (χ1) is 14.5. The number of ether oxygens (including phenoxy) is 8. The largest absolute Gasteiger partial charge is 0.460 e. The second-order valence-electron chi connectivity index (χ2n) is 7.36. The molecule has 180 valence electrons. The van der Waals surface area contributed by atoms with Crippen molar-refractivity contribution in [1.82, 2.24) is 0 Å². The molecular weight excluding hydrogens is 396 g/mol. The lowest BCUT2D eigenvalue weighted by molar-refractivity contribution is -0.155. The molecule has 0 N–H and O–H groups in total. The minimum absolute atomic E-state index is 0.195. The summed E-state index contributed by atoms with van der Waals surface area (Å²) >= 11 is 0. The summed E-state index contributed by atoms with van der Waals surface area (Å²) in [6, 6.07) is 0. The Bertz CT molecular complexity index is 372. The average Bonchev–Trinajstić information content (AvgIpc) is 2.68. The topological polar surface area (TPSA) is 90.9 Å². The number of rotatable bonds is 22. The monoisotopic (exact) mass is 438 g/mol. The molecule has 30 heavy (non-hydrogen) atoms. The Balaban J connectivity index is 3.11. The highest BCUT2D eigenvalue weighted by Gasteiger charge is 2.15. The van der Waals surface area contributed by atoms with E-state index in [1.54, 1.807) is 7.11 Å². The van der Waals surface area contributed by atoms with Gasteiger partial charge in [-0.1, -0.05) is 0 Å². The zero-order valence-corrected chi connectivity index (χ0v) is 19.3. The Kier molecular flexibility index (Phi) is 20.8. The van der Waals surface area contributed by atoms with Crippen LogP contribution in [0.3, 0.4) is 0 Å². The summed E-state index contributed by atoms with van der Waals surface area (Å²) in [5.74, 6) is -0.195. The normalized spacial score (nSPS) is 11.7. The van der Waals surface area contributed by atoms with Crippen molar-refractivity contribution in [3.05, 3.63) is 0 Å². The molecule has 0 fully saturated rings. The van der Waals surface area contributed by atoms with E-state index in [0.29, 0.717) is 98.7 Å². The number of methoxy groups -OCH3 is 1. The van der Waals surface area contributed by atoms with Gasteiger partial charge in [-0.25, -0.2) is 0 Å². The summed E-state index contributed by atoms with van der Waals surface area (Å²) in [7, 11) is 1.64.